The minimum absolute atomic E-state index is 0.0300. The number of carbonyl (C=O) groups excluding carboxylic acids is 1. The second-order valence-corrected chi connectivity index (χ2v) is 8.91. The van der Waals surface area contributed by atoms with E-state index in [1.54, 1.807) is 11.0 Å². The first-order valence-corrected chi connectivity index (χ1v) is 11.0. The minimum Gasteiger partial charge on any atom is -0.338 e. The van der Waals surface area contributed by atoms with E-state index in [2.05, 4.69) is 0 Å². The largest absolute Gasteiger partial charge is 0.338 e. The Morgan fingerprint density at radius 1 is 1.27 bits per heavy atom. The molecular formula is C19H29FN2O3S. The van der Waals surface area contributed by atoms with Crippen LogP contribution in [-0.4, -0.2) is 48.9 Å². The molecule has 146 valence electrons. The summed E-state index contributed by atoms with van der Waals surface area (Å²) in [5.41, 5.74) is 0.764. The number of halogens is 1. The average Bonchev–Trinajstić information content (AvgIpc) is 2.64. The van der Waals surface area contributed by atoms with Gasteiger partial charge in [-0.05, 0) is 43.9 Å². The van der Waals surface area contributed by atoms with Crippen LogP contribution in [0.1, 0.15) is 45.1 Å². The predicted molar refractivity (Wildman–Crippen MR) is 100 cm³/mol. The van der Waals surface area contributed by atoms with Crippen molar-refractivity contribution < 1.29 is 17.6 Å². The van der Waals surface area contributed by atoms with Gasteiger partial charge in [-0.2, -0.15) is 0 Å². The van der Waals surface area contributed by atoms with Crippen LogP contribution in [0.3, 0.4) is 0 Å². The van der Waals surface area contributed by atoms with Gasteiger partial charge in [0, 0.05) is 32.1 Å². The summed E-state index contributed by atoms with van der Waals surface area (Å²) in [6.45, 7) is 5.60. The highest BCUT2D eigenvalue weighted by molar-refractivity contribution is 7.89. The zero-order valence-electron chi connectivity index (χ0n) is 15.7. The summed E-state index contributed by atoms with van der Waals surface area (Å²) in [5, 5.41) is 0. The summed E-state index contributed by atoms with van der Waals surface area (Å²) in [6, 6.07) is 6.28. The molecule has 7 heteroatoms. The molecule has 0 saturated carbocycles. The van der Waals surface area contributed by atoms with Crippen LogP contribution >= 0.6 is 0 Å². The number of rotatable bonds is 8. The molecule has 1 fully saturated rings. The number of piperidine rings is 1. The molecule has 0 atom stereocenters. The highest BCUT2D eigenvalue weighted by Gasteiger charge is 2.32. The van der Waals surface area contributed by atoms with Crippen molar-refractivity contribution in [1.29, 1.82) is 0 Å². The Kier molecular flexibility index (Phi) is 7.58. The van der Waals surface area contributed by atoms with E-state index >= 15 is 0 Å². The van der Waals surface area contributed by atoms with E-state index < -0.39 is 10.0 Å². The zero-order valence-corrected chi connectivity index (χ0v) is 16.5. The second kappa shape index (κ2) is 9.46. The lowest BCUT2D eigenvalue weighted by Gasteiger charge is -2.33. The summed E-state index contributed by atoms with van der Waals surface area (Å²) in [6.07, 6.45) is 2.60. The monoisotopic (exact) mass is 384 g/mol. The number of hydrogen-bond donors (Lipinski definition) is 0. The fourth-order valence-electron chi connectivity index (χ4n) is 3.30. The van der Waals surface area contributed by atoms with Crippen molar-refractivity contribution >= 4 is 15.9 Å². The Balaban J connectivity index is 1.93. The molecule has 0 radical (unpaired) electrons. The van der Waals surface area contributed by atoms with Gasteiger partial charge in [0.1, 0.15) is 5.82 Å². The molecule has 2 rings (SSSR count). The summed E-state index contributed by atoms with van der Waals surface area (Å²) >= 11 is 0. The first-order valence-electron chi connectivity index (χ1n) is 9.38. The van der Waals surface area contributed by atoms with E-state index in [1.165, 1.54) is 16.4 Å². The molecule has 1 aliphatic heterocycles. The smallest absolute Gasteiger partial charge is 0.226 e. The van der Waals surface area contributed by atoms with Crippen molar-refractivity contribution in [3.63, 3.8) is 0 Å². The Morgan fingerprint density at radius 3 is 2.54 bits per heavy atom. The highest BCUT2D eigenvalue weighted by Crippen LogP contribution is 2.23. The normalized spacial score (nSPS) is 16.6. The lowest BCUT2D eigenvalue weighted by atomic mass is 9.96. The fraction of sp³-hybridized carbons (Fsp3) is 0.632. The number of nitrogens with zero attached hydrogens (tertiary/aromatic N) is 2. The van der Waals surface area contributed by atoms with Crippen LogP contribution in [0.25, 0.3) is 0 Å². The maximum Gasteiger partial charge on any atom is 0.226 e. The van der Waals surface area contributed by atoms with E-state index in [1.807, 2.05) is 19.9 Å². The van der Waals surface area contributed by atoms with Gasteiger partial charge in [-0.1, -0.05) is 25.5 Å². The maximum absolute atomic E-state index is 13.4. The van der Waals surface area contributed by atoms with Gasteiger partial charge in [-0.15, -0.1) is 0 Å². The van der Waals surface area contributed by atoms with E-state index in [0.717, 1.165) is 12.0 Å². The van der Waals surface area contributed by atoms with Gasteiger partial charge in [0.2, 0.25) is 15.9 Å². The molecule has 0 bridgehead atoms. The number of hydrogen-bond acceptors (Lipinski definition) is 3. The maximum atomic E-state index is 13.4. The molecule has 1 aromatic rings. The molecule has 0 unspecified atom stereocenters. The van der Waals surface area contributed by atoms with Crippen LogP contribution in [0.5, 0.6) is 0 Å². The molecule has 0 aromatic heterocycles. The Labute approximate surface area is 156 Å². The van der Waals surface area contributed by atoms with E-state index in [4.69, 9.17) is 0 Å². The topological polar surface area (TPSA) is 57.7 Å². The Morgan fingerprint density at radius 2 is 1.96 bits per heavy atom. The summed E-state index contributed by atoms with van der Waals surface area (Å²) in [5.74, 6) is -0.261. The van der Waals surface area contributed by atoms with Crippen molar-refractivity contribution in [1.82, 2.24) is 9.21 Å². The van der Waals surface area contributed by atoms with Crippen molar-refractivity contribution in [2.45, 2.75) is 46.1 Å². The van der Waals surface area contributed by atoms with Crippen LogP contribution in [0.2, 0.25) is 0 Å². The first-order chi connectivity index (χ1) is 12.4. The van der Waals surface area contributed by atoms with Crippen molar-refractivity contribution in [2.75, 3.05) is 25.4 Å². The molecule has 0 aliphatic carbocycles. The first kappa shape index (κ1) is 20.8. The van der Waals surface area contributed by atoms with Crippen molar-refractivity contribution in [3.8, 4) is 0 Å². The SMILES string of the molecule is CCCCS(=O)(=O)N1CCC(C(=O)N(CC)Cc2cccc(F)c2)CC1. The number of amides is 1. The third kappa shape index (κ3) is 5.51. The van der Waals surface area contributed by atoms with Gasteiger partial charge in [-0.25, -0.2) is 17.1 Å². The van der Waals surface area contributed by atoms with Crippen molar-refractivity contribution in [2.24, 2.45) is 5.92 Å². The van der Waals surface area contributed by atoms with Gasteiger partial charge >= 0.3 is 0 Å². The van der Waals surface area contributed by atoms with Crippen LogP contribution in [0, 0.1) is 11.7 Å². The number of unbranched alkanes of at least 4 members (excludes halogenated alkanes) is 1. The van der Waals surface area contributed by atoms with Gasteiger partial charge < -0.3 is 4.90 Å². The average molecular weight is 385 g/mol. The Bertz CT molecular complexity index is 700. The van der Waals surface area contributed by atoms with E-state index in [-0.39, 0.29) is 23.4 Å². The molecule has 0 spiro atoms. The lowest BCUT2D eigenvalue weighted by molar-refractivity contribution is -0.137. The standard InChI is InChI=1S/C19H29FN2O3S/c1-3-5-13-26(24,25)22-11-9-17(10-12-22)19(23)21(4-2)15-16-7-6-8-18(20)14-16/h6-8,14,17H,3-5,9-13,15H2,1-2H3. The van der Waals surface area contributed by atoms with Gasteiger partial charge in [0.15, 0.2) is 0 Å². The summed E-state index contributed by atoms with van der Waals surface area (Å²) in [4.78, 5) is 14.5. The lowest BCUT2D eigenvalue weighted by Crippen LogP contribution is -2.44. The Hall–Kier alpha value is -1.47. The van der Waals surface area contributed by atoms with Gasteiger partial charge in [0.05, 0.1) is 5.75 Å². The number of benzene rings is 1. The quantitative estimate of drug-likeness (QED) is 0.692. The molecule has 1 aromatic carbocycles. The third-order valence-corrected chi connectivity index (χ3v) is 6.86. The zero-order chi connectivity index (χ0) is 19.2. The van der Waals surface area contributed by atoms with Gasteiger partial charge in [-0.3, -0.25) is 4.79 Å². The van der Waals surface area contributed by atoms with E-state index in [9.17, 15) is 17.6 Å². The molecule has 0 N–H and O–H groups in total. The summed E-state index contributed by atoms with van der Waals surface area (Å²) < 4.78 is 39.4. The second-order valence-electron chi connectivity index (χ2n) is 6.83. The van der Waals surface area contributed by atoms with Crippen LogP contribution in [0.4, 0.5) is 4.39 Å². The molecule has 1 aliphatic rings. The fourth-order valence-corrected chi connectivity index (χ4v) is 4.98. The number of sulfonamides is 1. The van der Waals surface area contributed by atoms with E-state index in [0.29, 0.717) is 45.4 Å². The van der Waals surface area contributed by atoms with Gasteiger partial charge in [0.25, 0.3) is 0 Å². The minimum atomic E-state index is -3.21. The molecule has 1 heterocycles. The molecule has 26 heavy (non-hydrogen) atoms. The number of carbonyl (C=O) groups is 1. The third-order valence-electron chi connectivity index (χ3n) is 4.91. The molecule has 1 saturated heterocycles. The van der Waals surface area contributed by atoms with Crippen molar-refractivity contribution in [3.05, 3.63) is 35.6 Å². The predicted octanol–water partition coefficient (Wildman–Crippen LogP) is 3.02. The highest BCUT2D eigenvalue weighted by atomic mass is 32.2. The van der Waals surface area contributed by atoms with Crippen LogP contribution in [0.15, 0.2) is 24.3 Å². The molecule has 1 amide bonds. The molecular weight excluding hydrogens is 355 g/mol. The molecule has 5 nitrogen and oxygen atoms in total. The van der Waals surface area contributed by atoms with Crippen LogP contribution < -0.4 is 0 Å². The summed E-state index contributed by atoms with van der Waals surface area (Å²) in [7, 11) is -3.21. The van der Waals surface area contributed by atoms with Crippen LogP contribution in [-0.2, 0) is 21.4 Å².